The molecule has 0 saturated carbocycles. The first-order chi connectivity index (χ1) is 12.8. The van der Waals surface area contributed by atoms with Crippen molar-refractivity contribution in [2.45, 2.75) is 18.4 Å². The van der Waals surface area contributed by atoms with Crippen LogP contribution in [0.1, 0.15) is 27.2 Å². The molecule has 0 bridgehead atoms. The lowest BCUT2D eigenvalue weighted by molar-refractivity contribution is 0.102. The van der Waals surface area contributed by atoms with Gasteiger partial charge in [-0.05, 0) is 36.8 Å². The first-order valence-corrected chi connectivity index (χ1v) is 10.1. The van der Waals surface area contributed by atoms with Gasteiger partial charge in [0.25, 0.3) is 5.91 Å². The Kier molecular flexibility index (Phi) is 4.07. The SMILES string of the molecule is Cc1ccccc1-n1nc2c(c1NC(=O)c1cccc(F)c1)CS(=O)(=O)C2. The zero-order valence-corrected chi connectivity index (χ0v) is 15.3. The van der Waals surface area contributed by atoms with Gasteiger partial charge in [-0.3, -0.25) is 4.79 Å². The standard InChI is InChI=1S/C19H16FN3O3S/c1-12-5-2-3-8-17(12)23-18(15-10-27(25,26)11-16(15)22-23)21-19(24)13-6-4-7-14(20)9-13/h2-9H,10-11H2,1H3,(H,21,24). The number of fused-ring (bicyclic) bond motifs is 1. The quantitative estimate of drug-likeness (QED) is 0.752. The number of nitrogens with one attached hydrogen (secondary N) is 1. The molecule has 1 aliphatic heterocycles. The number of hydrogen-bond donors (Lipinski definition) is 1. The molecule has 0 spiro atoms. The Bertz CT molecular complexity index is 1170. The van der Waals surface area contributed by atoms with E-state index in [0.717, 1.165) is 17.3 Å². The van der Waals surface area contributed by atoms with E-state index >= 15 is 0 Å². The minimum atomic E-state index is -3.29. The van der Waals surface area contributed by atoms with Gasteiger partial charge in [0, 0.05) is 11.1 Å². The summed E-state index contributed by atoms with van der Waals surface area (Å²) in [6, 6.07) is 12.8. The highest BCUT2D eigenvalue weighted by Gasteiger charge is 2.33. The van der Waals surface area contributed by atoms with Crippen molar-refractivity contribution in [3.63, 3.8) is 0 Å². The first kappa shape index (κ1) is 17.4. The molecule has 4 rings (SSSR count). The fourth-order valence-corrected chi connectivity index (χ4v) is 4.65. The summed E-state index contributed by atoms with van der Waals surface area (Å²) in [5, 5.41) is 7.16. The second-order valence-electron chi connectivity index (χ2n) is 6.47. The second kappa shape index (κ2) is 6.31. The third-order valence-electron chi connectivity index (χ3n) is 4.45. The maximum atomic E-state index is 13.4. The van der Waals surface area contributed by atoms with E-state index in [1.54, 1.807) is 4.68 Å². The molecule has 2 heterocycles. The average molecular weight is 385 g/mol. The van der Waals surface area contributed by atoms with E-state index in [1.807, 2.05) is 31.2 Å². The molecule has 3 aromatic rings. The summed E-state index contributed by atoms with van der Waals surface area (Å²) in [6.07, 6.45) is 0. The number of para-hydroxylation sites is 1. The lowest BCUT2D eigenvalue weighted by atomic mass is 10.2. The predicted octanol–water partition coefficient (Wildman–Crippen LogP) is 3.00. The van der Waals surface area contributed by atoms with E-state index in [4.69, 9.17) is 0 Å². The molecule has 1 amide bonds. The summed E-state index contributed by atoms with van der Waals surface area (Å²) < 4.78 is 39.0. The van der Waals surface area contributed by atoms with Crippen LogP contribution in [-0.4, -0.2) is 24.1 Å². The van der Waals surface area contributed by atoms with Gasteiger partial charge < -0.3 is 5.32 Å². The number of hydrogen-bond acceptors (Lipinski definition) is 4. The number of nitrogens with zero attached hydrogens (tertiary/aromatic N) is 2. The van der Waals surface area contributed by atoms with Crippen LogP contribution in [0.5, 0.6) is 0 Å². The summed E-state index contributed by atoms with van der Waals surface area (Å²) >= 11 is 0. The van der Waals surface area contributed by atoms with Crippen molar-refractivity contribution >= 4 is 21.6 Å². The molecular formula is C19H16FN3O3S. The minimum absolute atomic E-state index is 0.141. The fourth-order valence-electron chi connectivity index (χ4n) is 3.16. The number of aromatic nitrogens is 2. The molecular weight excluding hydrogens is 369 g/mol. The molecule has 0 radical (unpaired) electrons. The Morgan fingerprint density at radius 2 is 1.93 bits per heavy atom. The van der Waals surface area contributed by atoms with Gasteiger partial charge in [0.1, 0.15) is 11.6 Å². The van der Waals surface area contributed by atoms with E-state index in [2.05, 4.69) is 10.4 Å². The predicted molar refractivity (Wildman–Crippen MR) is 99.0 cm³/mol. The van der Waals surface area contributed by atoms with Crippen LogP contribution in [0, 0.1) is 12.7 Å². The number of benzene rings is 2. The van der Waals surface area contributed by atoms with Gasteiger partial charge in [0.2, 0.25) is 0 Å². The minimum Gasteiger partial charge on any atom is -0.306 e. The van der Waals surface area contributed by atoms with E-state index in [1.165, 1.54) is 18.2 Å². The van der Waals surface area contributed by atoms with Gasteiger partial charge in [-0.25, -0.2) is 17.5 Å². The molecule has 0 unspecified atom stereocenters. The Hall–Kier alpha value is -3.00. The van der Waals surface area contributed by atoms with E-state index in [0.29, 0.717) is 17.1 Å². The molecule has 1 aliphatic rings. The topological polar surface area (TPSA) is 81.1 Å². The Morgan fingerprint density at radius 1 is 1.15 bits per heavy atom. The van der Waals surface area contributed by atoms with Gasteiger partial charge >= 0.3 is 0 Å². The molecule has 1 aromatic heterocycles. The van der Waals surface area contributed by atoms with Crippen LogP contribution in [0.2, 0.25) is 0 Å². The van der Waals surface area contributed by atoms with Crippen molar-refractivity contribution in [2.24, 2.45) is 0 Å². The maximum Gasteiger partial charge on any atom is 0.256 e. The zero-order valence-electron chi connectivity index (χ0n) is 14.4. The molecule has 0 saturated heterocycles. The van der Waals surface area contributed by atoms with Gasteiger partial charge in [-0.1, -0.05) is 24.3 Å². The lowest BCUT2D eigenvalue weighted by Crippen LogP contribution is -2.17. The number of aryl methyl sites for hydroxylation is 1. The van der Waals surface area contributed by atoms with E-state index < -0.39 is 21.6 Å². The normalized spacial score (nSPS) is 14.7. The molecule has 0 aliphatic carbocycles. The molecule has 8 heteroatoms. The van der Waals surface area contributed by atoms with Crippen molar-refractivity contribution in [2.75, 3.05) is 5.32 Å². The number of sulfone groups is 1. The molecule has 138 valence electrons. The van der Waals surface area contributed by atoms with Gasteiger partial charge in [0.05, 0.1) is 22.9 Å². The Labute approximate surface area is 155 Å². The van der Waals surface area contributed by atoms with Crippen molar-refractivity contribution in [1.29, 1.82) is 0 Å². The molecule has 1 N–H and O–H groups in total. The van der Waals surface area contributed by atoms with Crippen LogP contribution in [0.3, 0.4) is 0 Å². The van der Waals surface area contributed by atoms with Gasteiger partial charge in [0.15, 0.2) is 9.84 Å². The number of carbonyl (C=O) groups excluding carboxylic acids is 1. The van der Waals surface area contributed by atoms with E-state index in [-0.39, 0.29) is 17.1 Å². The van der Waals surface area contributed by atoms with Crippen LogP contribution in [0.25, 0.3) is 5.69 Å². The monoisotopic (exact) mass is 385 g/mol. The highest BCUT2D eigenvalue weighted by molar-refractivity contribution is 7.90. The highest BCUT2D eigenvalue weighted by atomic mass is 32.2. The molecule has 6 nitrogen and oxygen atoms in total. The van der Waals surface area contributed by atoms with Gasteiger partial charge in [-0.15, -0.1) is 0 Å². The fraction of sp³-hybridized carbons (Fsp3) is 0.158. The van der Waals surface area contributed by atoms with Gasteiger partial charge in [-0.2, -0.15) is 5.10 Å². The zero-order chi connectivity index (χ0) is 19.2. The largest absolute Gasteiger partial charge is 0.306 e. The molecule has 0 fully saturated rings. The summed E-state index contributed by atoms with van der Waals surface area (Å²) in [7, 11) is -3.29. The Balaban J connectivity index is 1.81. The summed E-state index contributed by atoms with van der Waals surface area (Å²) in [4.78, 5) is 12.6. The molecule has 2 aromatic carbocycles. The number of rotatable bonds is 3. The number of carbonyl (C=O) groups is 1. The number of halogens is 1. The first-order valence-electron chi connectivity index (χ1n) is 8.28. The second-order valence-corrected chi connectivity index (χ2v) is 8.53. The van der Waals surface area contributed by atoms with Crippen LogP contribution >= 0.6 is 0 Å². The van der Waals surface area contributed by atoms with Crippen LogP contribution in [0.15, 0.2) is 48.5 Å². The molecule has 27 heavy (non-hydrogen) atoms. The number of amides is 1. The maximum absolute atomic E-state index is 13.4. The van der Waals surface area contributed by atoms with Crippen molar-refractivity contribution in [1.82, 2.24) is 9.78 Å². The van der Waals surface area contributed by atoms with Crippen LogP contribution in [0.4, 0.5) is 10.2 Å². The smallest absolute Gasteiger partial charge is 0.256 e. The summed E-state index contributed by atoms with van der Waals surface area (Å²) in [6.45, 7) is 1.90. The van der Waals surface area contributed by atoms with Crippen LogP contribution in [-0.2, 0) is 21.3 Å². The number of anilines is 1. The molecule has 0 atom stereocenters. The van der Waals surface area contributed by atoms with E-state index in [9.17, 15) is 17.6 Å². The average Bonchev–Trinajstić information content (AvgIpc) is 3.08. The Morgan fingerprint density at radius 3 is 2.67 bits per heavy atom. The van der Waals surface area contributed by atoms with Crippen molar-refractivity contribution in [3.8, 4) is 5.69 Å². The lowest BCUT2D eigenvalue weighted by Gasteiger charge is -2.13. The van der Waals surface area contributed by atoms with Crippen molar-refractivity contribution in [3.05, 3.63) is 76.7 Å². The summed E-state index contributed by atoms with van der Waals surface area (Å²) in [5.41, 5.74) is 2.69. The van der Waals surface area contributed by atoms with Crippen LogP contribution < -0.4 is 5.32 Å². The highest BCUT2D eigenvalue weighted by Crippen LogP contribution is 2.33. The van der Waals surface area contributed by atoms with Crippen molar-refractivity contribution < 1.29 is 17.6 Å². The third-order valence-corrected chi connectivity index (χ3v) is 5.89. The summed E-state index contributed by atoms with van der Waals surface area (Å²) in [5.74, 6) is -1.11. The third kappa shape index (κ3) is 3.23.